The summed E-state index contributed by atoms with van der Waals surface area (Å²) in [7, 11) is 0. The molecule has 1 amide bonds. The van der Waals surface area contributed by atoms with Crippen LogP contribution < -0.4 is 10.1 Å². The fraction of sp³-hybridized carbons (Fsp3) is 0.316. The van der Waals surface area contributed by atoms with E-state index in [0.717, 1.165) is 32.8 Å². The first kappa shape index (κ1) is 17.9. The van der Waals surface area contributed by atoms with Crippen molar-refractivity contribution in [2.24, 2.45) is 0 Å². The molecular weight excluding hydrogens is 332 g/mol. The molecule has 2 aromatic rings. The number of pyridine rings is 1. The van der Waals surface area contributed by atoms with Gasteiger partial charge in [-0.1, -0.05) is 6.07 Å². The van der Waals surface area contributed by atoms with E-state index in [1.54, 1.807) is 42.6 Å². The molecule has 7 heteroatoms. The number of ether oxygens (including phenoxy) is 2. The molecule has 1 aromatic carbocycles. The van der Waals surface area contributed by atoms with Crippen LogP contribution in [0.5, 0.6) is 5.88 Å². The van der Waals surface area contributed by atoms with Crippen LogP contribution in [0.15, 0.2) is 42.6 Å². The van der Waals surface area contributed by atoms with Gasteiger partial charge in [-0.25, -0.2) is 4.98 Å². The van der Waals surface area contributed by atoms with Crippen LogP contribution in [0.2, 0.25) is 0 Å². The van der Waals surface area contributed by atoms with Crippen LogP contribution >= 0.6 is 0 Å². The Morgan fingerprint density at radius 3 is 2.88 bits per heavy atom. The van der Waals surface area contributed by atoms with Crippen LogP contribution in [0.25, 0.3) is 0 Å². The third kappa shape index (κ3) is 5.02. The van der Waals surface area contributed by atoms with Gasteiger partial charge < -0.3 is 14.8 Å². The van der Waals surface area contributed by atoms with E-state index in [1.807, 2.05) is 6.07 Å². The topological polar surface area (TPSA) is 87.5 Å². The van der Waals surface area contributed by atoms with Gasteiger partial charge in [-0.05, 0) is 24.3 Å². The molecule has 0 saturated carbocycles. The standard InChI is InChI=1S/C19H20N4O3/c20-13-15-2-1-3-16(12-15)19(24)22-17-4-5-18(21-14-17)26-11-8-23-6-9-25-10-7-23/h1-5,12,14H,6-11H2,(H,22,24). The van der Waals surface area contributed by atoms with Gasteiger partial charge in [0.1, 0.15) is 6.61 Å². The molecule has 26 heavy (non-hydrogen) atoms. The van der Waals surface area contributed by atoms with Crippen molar-refractivity contribution in [1.29, 1.82) is 5.26 Å². The second-order valence-electron chi connectivity index (χ2n) is 5.83. The van der Waals surface area contributed by atoms with E-state index in [0.29, 0.717) is 29.3 Å². The summed E-state index contributed by atoms with van der Waals surface area (Å²) in [5, 5.41) is 11.7. The molecule has 0 spiro atoms. The van der Waals surface area contributed by atoms with Gasteiger partial charge in [0.05, 0.1) is 36.7 Å². The highest BCUT2D eigenvalue weighted by atomic mass is 16.5. The van der Waals surface area contributed by atoms with Crippen molar-refractivity contribution < 1.29 is 14.3 Å². The van der Waals surface area contributed by atoms with E-state index in [1.165, 1.54) is 0 Å². The van der Waals surface area contributed by atoms with E-state index in [9.17, 15) is 4.79 Å². The Morgan fingerprint density at radius 2 is 2.15 bits per heavy atom. The molecular formula is C19H20N4O3. The van der Waals surface area contributed by atoms with E-state index < -0.39 is 0 Å². The second-order valence-corrected chi connectivity index (χ2v) is 5.83. The predicted octanol–water partition coefficient (Wildman–Crippen LogP) is 1.92. The first-order valence-electron chi connectivity index (χ1n) is 8.45. The van der Waals surface area contributed by atoms with E-state index in [2.05, 4.69) is 15.2 Å². The fourth-order valence-electron chi connectivity index (χ4n) is 2.58. The molecule has 1 aliphatic rings. The number of nitriles is 1. The minimum atomic E-state index is -0.287. The average molecular weight is 352 g/mol. The number of amides is 1. The smallest absolute Gasteiger partial charge is 0.255 e. The predicted molar refractivity (Wildman–Crippen MR) is 96.1 cm³/mol. The highest BCUT2D eigenvalue weighted by Gasteiger charge is 2.10. The molecule has 0 unspecified atom stereocenters. The van der Waals surface area contributed by atoms with Crippen molar-refractivity contribution in [3.63, 3.8) is 0 Å². The summed E-state index contributed by atoms with van der Waals surface area (Å²) < 4.78 is 11.0. The number of hydrogen-bond acceptors (Lipinski definition) is 6. The van der Waals surface area contributed by atoms with Crippen molar-refractivity contribution in [3.8, 4) is 11.9 Å². The van der Waals surface area contributed by atoms with Crippen molar-refractivity contribution in [3.05, 3.63) is 53.7 Å². The van der Waals surface area contributed by atoms with Crippen molar-refractivity contribution >= 4 is 11.6 Å². The zero-order chi connectivity index (χ0) is 18.2. The fourth-order valence-corrected chi connectivity index (χ4v) is 2.58. The molecule has 1 N–H and O–H groups in total. The van der Waals surface area contributed by atoms with Crippen LogP contribution in [0.4, 0.5) is 5.69 Å². The summed E-state index contributed by atoms with van der Waals surface area (Å²) in [5.41, 5.74) is 1.44. The molecule has 3 rings (SSSR count). The Kier molecular flexibility index (Phi) is 6.14. The minimum Gasteiger partial charge on any atom is -0.476 e. The van der Waals surface area contributed by atoms with Crippen LogP contribution in [-0.4, -0.2) is 55.2 Å². The first-order chi connectivity index (χ1) is 12.7. The maximum absolute atomic E-state index is 12.2. The Bertz CT molecular complexity index is 780. The highest BCUT2D eigenvalue weighted by molar-refractivity contribution is 6.04. The van der Waals surface area contributed by atoms with Crippen LogP contribution in [0, 0.1) is 11.3 Å². The second kappa shape index (κ2) is 8.94. The summed E-state index contributed by atoms with van der Waals surface area (Å²) in [6.45, 7) is 4.77. The molecule has 0 radical (unpaired) electrons. The van der Waals surface area contributed by atoms with Gasteiger partial charge in [0.2, 0.25) is 5.88 Å². The molecule has 1 aromatic heterocycles. The summed E-state index contributed by atoms with van der Waals surface area (Å²) >= 11 is 0. The van der Waals surface area contributed by atoms with Gasteiger partial charge >= 0.3 is 0 Å². The van der Waals surface area contributed by atoms with E-state index >= 15 is 0 Å². The zero-order valence-corrected chi connectivity index (χ0v) is 14.4. The van der Waals surface area contributed by atoms with Gasteiger partial charge in [-0.2, -0.15) is 5.26 Å². The molecule has 0 bridgehead atoms. The number of benzene rings is 1. The molecule has 1 aliphatic heterocycles. The van der Waals surface area contributed by atoms with Crippen molar-refractivity contribution in [2.45, 2.75) is 0 Å². The normalized spacial score (nSPS) is 14.4. The summed E-state index contributed by atoms with van der Waals surface area (Å²) in [6, 6.07) is 12.0. The minimum absolute atomic E-state index is 0.287. The number of rotatable bonds is 6. The number of aromatic nitrogens is 1. The summed E-state index contributed by atoms with van der Waals surface area (Å²) in [6.07, 6.45) is 1.55. The van der Waals surface area contributed by atoms with Crippen molar-refractivity contribution in [2.75, 3.05) is 44.8 Å². The number of anilines is 1. The average Bonchev–Trinajstić information content (AvgIpc) is 2.70. The monoisotopic (exact) mass is 352 g/mol. The van der Waals surface area contributed by atoms with Gasteiger partial charge in [-0.3, -0.25) is 9.69 Å². The number of nitrogens with zero attached hydrogens (tertiary/aromatic N) is 3. The Morgan fingerprint density at radius 1 is 1.31 bits per heavy atom. The van der Waals surface area contributed by atoms with Crippen LogP contribution in [0.1, 0.15) is 15.9 Å². The van der Waals surface area contributed by atoms with Gasteiger partial charge in [0.25, 0.3) is 5.91 Å². The van der Waals surface area contributed by atoms with E-state index in [4.69, 9.17) is 14.7 Å². The maximum atomic E-state index is 12.2. The Balaban J connectivity index is 1.49. The SMILES string of the molecule is N#Cc1cccc(C(=O)Nc2ccc(OCCN3CCOCC3)nc2)c1. The highest BCUT2D eigenvalue weighted by Crippen LogP contribution is 2.13. The zero-order valence-electron chi connectivity index (χ0n) is 14.4. The van der Waals surface area contributed by atoms with Gasteiger partial charge in [0, 0.05) is 31.3 Å². The summed E-state index contributed by atoms with van der Waals surface area (Å²) in [5.74, 6) is 0.229. The van der Waals surface area contributed by atoms with Crippen LogP contribution in [0.3, 0.4) is 0 Å². The third-order valence-corrected chi connectivity index (χ3v) is 4.01. The molecule has 1 fully saturated rings. The lowest BCUT2D eigenvalue weighted by Gasteiger charge is -2.26. The number of hydrogen-bond donors (Lipinski definition) is 1. The quantitative estimate of drug-likeness (QED) is 0.855. The van der Waals surface area contributed by atoms with Gasteiger partial charge in [-0.15, -0.1) is 0 Å². The van der Waals surface area contributed by atoms with Crippen molar-refractivity contribution in [1.82, 2.24) is 9.88 Å². The lowest BCUT2D eigenvalue weighted by Crippen LogP contribution is -2.38. The molecule has 0 atom stereocenters. The Hall–Kier alpha value is -2.95. The first-order valence-corrected chi connectivity index (χ1v) is 8.45. The Labute approximate surface area is 152 Å². The maximum Gasteiger partial charge on any atom is 0.255 e. The molecule has 7 nitrogen and oxygen atoms in total. The largest absolute Gasteiger partial charge is 0.476 e. The lowest BCUT2D eigenvalue weighted by atomic mass is 10.1. The molecule has 134 valence electrons. The number of morpholine rings is 1. The number of nitrogens with one attached hydrogen (secondary N) is 1. The molecule has 1 saturated heterocycles. The number of carbonyl (C=O) groups excluding carboxylic acids is 1. The number of carbonyl (C=O) groups is 1. The molecule has 2 heterocycles. The summed E-state index contributed by atoms with van der Waals surface area (Å²) in [4.78, 5) is 18.7. The molecule has 0 aliphatic carbocycles. The van der Waals surface area contributed by atoms with Gasteiger partial charge in [0.15, 0.2) is 0 Å². The van der Waals surface area contributed by atoms with E-state index in [-0.39, 0.29) is 5.91 Å². The van der Waals surface area contributed by atoms with Crippen LogP contribution in [-0.2, 0) is 4.74 Å². The third-order valence-electron chi connectivity index (χ3n) is 4.01. The lowest BCUT2D eigenvalue weighted by molar-refractivity contribution is 0.0320.